The van der Waals surface area contributed by atoms with Crippen LogP contribution >= 0.6 is 0 Å². The van der Waals surface area contributed by atoms with Crippen LogP contribution in [0.2, 0.25) is 19.1 Å². The van der Waals surface area contributed by atoms with Gasteiger partial charge in [0.1, 0.15) is 0 Å². The van der Waals surface area contributed by atoms with Crippen LogP contribution in [0.5, 0.6) is 0 Å². The van der Waals surface area contributed by atoms with E-state index in [4.69, 9.17) is 4.43 Å². The van der Waals surface area contributed by atoms with Crippen LogP contribution in [0, 0.1) is 0 Å². The van der Waals surface area contributed by atoms with Crippen molar-refractivity contribution in [1.29, 1.82) is 0 Å². The molecule has 0 radical (unpaired) electrons. The molecule has 0 saturated carbocycles. The number of sulfonamides is 1. The number of hydrogen-bond acceptors (Lipinski definition) is 4. The Morgan fingerprint density at radius 1 is 1.09 bits per heavy atom. The Morgan fingerprint density at radius 3 is 2.04 bits per heavy atom. The molecule has 0 aliphatic rings. The molecule has 5 nitrogen and oxygen atoms in total. The number of halogens is 3. The third kappa shape index (κ3) is 9.98. The van der Waals surface area contributed by atoms with E-state index in [-0.39, 0.29) is 6.42 Å². The van der Waals surface area contributed by atoms with Crippen molar-refractivity contribution in [1.82, 2.24) is 0 Å². The lowest BCUT2D eigenvalue weighted by Crippen LogP contribution is -2.27. The SMILES string of the molecule is CO[Si](C)(C)CCCCCCCC/C([O-])=N/S(=O)(=O)C(F)(F)F. The second-order valence-corrected chi connectivity index (χ2v) is 12.0. The second-order valence-electron chi connectivity index (χ2n) is 5.99. The van der Waals surface area contributed by atoms with Crippen LogP contribution in [0.1, 0.15) is 44.9 Å². The minimum atomic E-state index is -5.70. The fourth-order valence-electron chi connectivity index (χ4n) is 1.87. The molecule has 0 rings (SSSR count). The monoisotopic (exact) mass is 376 g/mol. The van der Waals surface area contributed by atoms with Gasteiger partial charge in [0, 0.05) is 7.11 Å². The molecule has 0 saturated heterocycles. The molecular weight excluding hydrogens is 351 g/mol. The lowest BCUT2D eigenvalue weighted by molar-refractivity contribution is -0.218. The number of alkyl halides is 3. The quantitative estimate of drug-likeness (QED) is 0.240. The molecule has 0 aromatic rings. The summed E-state index contributed by atoms with van der Waals surface area (Å²) >= 11 is 0. The Kier molecular flexibility index (Phi) is 9.37. The summed E-state index contributed by atoms with van der Waals surface area (Å²) in [5.41, 5.74) is -5.51. The van der Waals surface area contributed by atoms with Crippen LogP contribution in [-0.4, -0.2) is 35.3 Å². The van der Waals surface area contributed by atoms with E-state index in [2.05, 4.69) is 17.5 Å². The number of rotatable bonds is 11. The first-order valence-corrected chi connectivity index (χ1v) is 12.1. The van der Waals surface area contributed by atoms with Crippen LogP contribution < -0.4 is 5.11 Å². The summed E-state index contributed by atoms with van der Waals surface area (Å²) in [7, 11) is -5.48. The standard InChI is InChI=1S/C13H26F3NO4SSi/c1-21-23(2,3)11-9-7-5-4-6-8-10-12(18)17-22(19,20)13(14,15)16/h4-11H2,1-3H3,(H,17,18)/p-1. The lowest BCUT2D eigenvalue weighted by atomic mass is 10.1. The highest BCUT2D eigenvalue weighted by Gasteiger charge is 2.45. The van der Waals surface area contributed by atoms with E-state index >= 15 is 0 Å². The van der Waals surface area contributed by atoms with Gasteiger partial charge in [-0.25, -0.2) is 0 Å². The molecule has 0 spiro atoms. The molecule has 10 heteroatoms. The molecule has 23 heavy (non-hydrogen) atoms. The molecule has 0 amide bonds. The van der Waals surface area contributed by atoms with E-state index in [9.17, 15) is 26.7 Å². The van der Waals surface area contributed by atoms with E-state index in [0.29, 0.717) is 12.8 Å². The Labute approximate surface area is 137 Å². The first-order valence-electron chi connectivity index (χ1n) is 7.53. The van der Waals surface area contributed by atoms with Crippen molar-refractivity contribution in [3.8, 4) is 0 Å². The minimum Gasteiger partial charge on any atom is -0.861 e. The zero-order valence-corrected chi connectivity index (χ0v) is 15.6. The highest BCUT2D eigenvalue weighted by molar-refractivity contribution is 7.91. The van der Waals surface area contributed by atoms with Gasteiger partial charge in [0.05, 0.1) is 0 Å². The maximum absolute atomic E-state index is 12.0. The van der Waals surface area contributed by atoms with Gasteiger partial charge >= 0.3 is 15.5 Å². The molecule has 0 aliphatic heterocycles. The van der Waals surface area contributed by atoms with E-state index in [1.165, 1.54) is 0 Å². The van der Waals surface area contributed by atoms with Gasteiger partial charge < -0.3 is 9.53 Å². The molecule has 0 fully saturated rings. The van der Waals surface area contributed by atoms with Gasteiger partial charge in [-0.1, -0.05) is 32.1 Å². The predicted octanol–water partition coefficient (Wildman–Crippen LogP) is 3.18. The topological polar surface area (TPSA) is 78.8 Å². The fourth-order valence-corrected chi connectivity index (χ4v) is 3.64. The lowest BCUT2D eigenvalue weighted by Gasteiger charge is -2.19. The third-order valence-corrected chi connectivity index (χ3v) is 7.18. The van der Waals surface area contributed by atoms with Gasteiger partial charge in [0.2, 0.25) is 0 Å². The highest BCUT2D eigenvalue weighted by atomic mass is 32.2. The van der Waals surface area contributed by atoms with Crippen molar-refractivity contribution in [3.05, 3.63) is 0 Å². The van der Waals surface area contributed by atoms with Gasteiger partial charge in [0.25, 0.3) is 0 Å². The maximum Gasteiger partial charge on any atom is 0.518 e. The van der Waals surface area contributed by atoms with Gasteiger partial charge in [0.15, 0.2) is 8.32 Å². The highest BCUT2D eigenvalue weighted by Crippen LogP contribution is 2.24. The Morgan fingerprint density at radius 2 is 1.57 bits per heavy atom. The molecule has 0 atom stereocenters. The smallest absolute Gasteiger partial charge is 0.518 e. The van der Waals surface area contributed by atoms with Crippen LogP contribution in [0.25, 0.3) is 0 Å². The summed E-state index contributed by atoms with van der Waals surface area (Å²) in [6.07, 6.45) is 4.67. The summed E-state index contributed by atoms with van der Waals surface area (Å²) in [4.78, 5) is 0. The summed E-state index contributed by atoms with van der Waals surface area (Å²) < 4.78 is 65.1. The van der Waals surface area contributed by atoms with Crippen LogP contribution in [0.15, 0.2) is 4.40 Å². The second kappa shape index (κ2) is 9.63. The van der Waals surface area contributed by atoms with Crippen LogP contribution in [-0.2, 0) is 14.4 Å². The number of hydrogen-bond donors (Lipinski definition) is 0. The number of unbranched alkanes of at least 4 members (excludes halogenated alkanes) is 5. The normalized spacial score (nSPS) is 14.3. The van der Waals surface area contributed by atoms with Crippen molar-refractivity contribution >= 4 is 24.2 Å². The first kappa shape index (κ1) is 22.4. The van der Waals surface area contributed by atoms with E-state index in [1.54, 1.807) is 7.11 Å². The zero-order valence-electron chi connectivity index (χ0n) is 13.8. The van der Waals surface area contributed by atoms with E-state index < -0.39 is 29.7 Å². The van der Waals surface area contributed by atoms with Gasteiger partial charge in [-0.15, -0.1) is 0 Å². The zero-order chi connectivity index (χ0) is 18.1. The van der Waals surface area contributed by atoms with Crippen molar-refractivity contribution in [2.24, 2.45) is 4.40 Å². The summed E-state index contributed by atoms with van der Waals surface area (Å²) in [6, 6.07) is 1.08. The van der Waals surface area contributed by atoms with Crippen molar-refractivity contribution < 1.29 is 31.1 Å². The molecule has 0 aromatic carbocycles. The maximum atomic E-state index is 12.0. The van der Waals surface area contributed by atoms with Crippen molar-refractivity contribution in [3.63, 3.8) is 0 Å². The molecule has 138 valence electrons. The molecule has 0 heterocycles. The first-order chi connectivity index (χ1) is 10.4. The van der Waals surface area contributed by atoms with Crippen molar-refractivity contribution in [2.45, 2.75) is 69.6 Å². The molecule has 0 N–H and O–H groups in total. The molecule has 0 aromatic heterocycles. The minimum absolute atomic E-state index is 0.279. The van der Waals surface area contributed by atoms with E-state index in [0.717, 1.165) is 31.7 Å². The van der Waals surface area contributed by atoms with Gasteiger partial charge in [-0.2, -0.15) is 26.0 Å². The van der Waals surface area contributed by atoms with Gasteiger partial charge in [-0.05, 0) is 37.9 Å². The van der Waals surface area contributed by atoms with Crippen LogP contribution in [0.4, 0.5) is 13.2 Å². The number of nitrogens with zero attached hydrogens (tertiary/aromatic N) is 1. The van der Waals surface area contributed by atoms with Gasteiger partial charge in [-0.3, -0.25) is 0 Å². The summed E-state index contributed by atoms with van der Waals surface area (Å²) in [5.74, 6) is -1.24. The largest absolute Gasteiger partial charge is 0.861 e. The molecule has 0 bridgehead atoms. The molecule has 0 aliphatic carbocycles. The molecule has 0 unspecified atom stereocenters. The third-order valence-electron chi connectivity index (χ3n) is 3.49. The summed E-state index contributed by atoms with van der Waals surface area (Å²) in [6.45, 7) is 4.30. The average Bonchev–Trinajstić information content (AvgIpc) is 2.40. The fraction of sp³-hybridized carbons (Fsp3) is 0.923. The van der Waals surface area contributed by atoms with E-state index in [1.807, 2.05) is 0 Å². The summed E-state index contributed by atoms with van der Waals surface area (Å²) in [5, 5.41) is 11.1. The molecular formula is C13H25F3NO4SSi-. The predicted molar refractivity (Wildman–Crippen MR) is 84.0 cm³/mol. The Hall–Kier alpha value is -0.613. The Balaban J connectivity index is 3.85. The van der Waals surface area contributed by atoms with Crippen LogP contribution in [0.3, 0.4) is 0 Å². The average molecular weight is 376 g/mol. The van der Waals surface area contributed by atoms with Crippen molar-refractivity contribution in [2.75, 3.05) is 7.11 Å². The Bertz CT molecular complexity index is 478.